The van der Waals surface area contributed by atoms with Gasteiger partial charge < -0.3 is 10.1 Å². The Balaban J connectivity index is 3.68. The van der Waals surface area contributed by atoms with Crippen LogP contribution in [0.4, 0.5) is 13.2 Å². The van der Waals surface area contributed by atoms with Crippen LogP contribution in [0, 0.1) is 0 Å². The Bertz CT molecular complexity index is 121. The maximum Gasteiger partial charge on any atom is 0.389 e. The molecule has 1 atom stereocenters. The molecule has 0 amide bonds. The molecule has 0 rings (SSSR count). The summed E-state index contributed by atoms with van der Waals surface area (Å²) in [5, 5.41) is 2.93. The Morgan fingerprint density at radius 1 is 1.38 bits per heavy atom. The first-order valence-electron chi connectivity index (χ1n) is 4.28. The molecule has 80 valence electrons. The lowest BCUT2D eigenvalue weighted by Gasteiger charge is -2.17. The van der Waals surface area contributed by atoms with Crippen molar-refractivity contribution in [3.63, 3.8) is 0 Å². The molecular weight excluding hydrogens is 183 g/mol. The highest BCUT2D eigenvalue weighted by Gasteiger charge is 2.27. The monoisotopic (exact) mass is 199 g/mol. The number of ether oxygens (including phenoxy) is 1. The molecular formula is C8H16F3NO. The van der Waals surface area contributed by atoms with Gasteiger partial charge in [-0.1, -0.05) is 6.92 Å². The van der Waals surface area contributed by atoms with Crippen LogP contribution < -0.4 is 5.32 Å². The normalized spacial score (nSPS) is 14.5. The minimum absolute atomic E-state index is 0.0746. The maximum atomic E-state index is 11.8. The summed E-state index contributed by atoms with van der Waals surface area (Å²) in [4.78, 5) is 0. The molecule has 0 aliphatic carbocycles. The maximum absolute atomic E-state index is 11.8. The molecule has 0 heterocycles. The Morgan fingerprint density at radius 2 is 2.00 bits per heavy atom. The smallest absolute Gasteiger partial charge is 0.383 e. The van der Waals surface area contributed by atoms with Crippen molar-refractivity contribution in [1.82, 2.24) is 5.32 Å². The van der Waals surface area contributed by atoms with E-state index in [9.17, 15) is 13.2 Å². The van der Waals surface area contributed by atoms with E-state index in [-0.39, 0.29) is 12.5 Å². The lowest BCUT2D eigenvalue weighted by molar-refractivity contribution is -0.137. The van der Waals surface area contributed by atoms with E-state index >= 15 is 0 Å². The zero-order chi connectivity index (χ0) is 10.3. The first-order valence-corrected chi connectivity index (χ1v) is 4.28. The van der Waals surface area contributed by atoms with Gasteiger partial charge in [0.15, 0.2) is 0 Å². The topological polar surface area (TPSA) is 21.3 Å². The van der Waals surface area contributed by atoms with Crippen LogP contribution >= 0.6 is 0 Å². The highest BCUT2D eigenvalue weighted by molar-refractivity contribution is 4.67. The number of methoxy groups -OCH3 is 1. The summed E-state index contributed by atoms with van der Waals surface area (Å²) in [6.07, 6.45) is -4.75. The molecule has 0 aliphatic heterocycles. The average Bonchev–Trinajstić information content (AvgIpc) is 2.00. The fourth-order valence-electron chi connectivity index (χ4n) is 1.07. The van der Waals surface area contributed by atoms with Crippen LogP contribution in [-0.4, -0.2) is 32.5 Å². The Kier molecular flexibility index (Phi) is 6.07. The van der Waals surface area contributed by atoms with E-state index in [4.69, 9.17) is 4.74 Å². The van der Waals surface area contributed by atoms with Gasteiger partial charge >= 0.3 is 6.18 Å². The molecule has 0 saturated carbocycles. The van der Waals surface area contributed by atoms with Crippen molar-refractivity contribution in [1.29, 1.82) is 0 Å². The fraction of sp³-hybridized carbons (Fsp3) is 1.00. The van der Waals surface area contributed by atoms with Crippen molar-refractivity contribution in [2.45, 2.75) is 32.0 Å². The van der Waals surface area contributed by atoms with Gasteiger partial charge in [-0.15, -0.1) is 0 Å². The largest absolute Gasteiger partial charge is 0.389 e. The SMILES string of the molecule is CCNC(CCC(F)(F)F)COC. The van der Waals surface area contributed by atoms with Gasteiger partial charge in [-0.25, -0.2) is 0 Å². The Labute approximate surface area is 76.5 Å². The summed E-state index contributed by atoms with van der Waals surface area (Å²) < 4.78 is 40.3. The van der Waals surface area contributed by atoms with Crippen molar-refractivity contribution >= 4 is 0 Å². The molecule has 0 aromatic carbocycles. The van der Waals surface area contributed by atoms with E-state index in [1.165, 1.54) is 7.11 Å². The van der Waals surface area contributed by atoms with Gasteiger partial charge in [-0.3, -0.25) is 0 Å². The van der Waals surface area contributed by atoms with Gasteiger partial charge in [-0.05, 0) is 13.0 Å². The molecule has 0 aliphatic rings. The molecule has 1 N–H and O–H groups in total. The van der Waals surface area contributed by atoms with Gasteiger partial charge in [0.2, 0.25) is 0 Å². The molecule has 0 fully saturated rings. The van der Waals surface area contributed by atoms with E-state index in [0.29, 0.717) is 13.2 Å². The van der Waals surface area contributed by atoms with Crippen molar-refractivity contribution in [3.8, 4) is 0 Å². The molecule has 2 nitrogen and oxygen atoms in total. The molecule has 13 heavy (non-hydrogen) atoms. The average molecular weight is 199 g/mol. The van der Waals surface area contributed by atoms with E-state index in [1.807, 2.05) is 6.92 Å². The Hall–Kier alpha value is -0.290. The number of hydrogen-bond donors (Lipinski definition) is 1. The standard InChI is InChI=1S/C8H16F3NO/c1-3-12-7(6-13-2)4-5-8(9,10)11/h7,12H,3-6H2,1-2H3. The molecule has 0 radical (unpaired) electrons. The van der Waals surface area contributed by atoms with Gasteiger partial charge in [0, 0.05) is 19.6 Å². The number of likely N-dealkylation sites (N-methyl/N-ethyl adjacent to an activating group) is 1. The zero-order valence-electron chi connectivity index (χ0n) is 7.95. The van der Waals surface area contributed by atoms with Crippen molar-refractivity contribution in [2.75, 3.05) is 20.3 Å². The summed E-state index contributed by atoms with van der Waals surface area (Å²) in [6, 6.07) is -0.198. The van der Waals surface area contributed by atoms with E-state index in [2.05, 4.69) is 5.32 Å². The van der Waals surface area contributed by atoms with Crippen LogP contribution in [0.2, 0.25) is 0 Å². The van der Waals surface area contributed by atoms with Crippen LogP contribution in [0.1, 0.15) is 19.8 Å². The fourth-order valence-corrected chi connectivity index (χ4v) is 1.07. The van der Waals surface area contributed by atoms with Crippen LogP contribution in [0.15, 0.2) is 0 Å². The number of nitrogens with one attached hydrogen (secondary N) is 1. The van der Waals surface area contributed by atoms with E-state index < -0.39 is 12.6 Å². The Morgan fingerprint density at radius 3 is 2.38 bits per heavy atom. The third kappa shape index (κ3) is 8.05. The molecule has 0 spiro atoms. The number of alkyl halides is 3. The summed E-state index contributed by atoms with van der Waals surface area (Å²) >= 11 is 0. The number of halogens is 3. The molecule has 0 aromatic heterocycles. The molecule has 0 bridgehead atoms. The highest BCUT2D eigenvalue weighted by Crippen LogP contribution is 2.22. The van der Waals surface area contributed by atoms with Gasteiger partial charge in [0.1, 0.15) is 0 Å². The van der Waals surface area contributed by atoms with Gasteiger partial charge in [0.25, 0.3) is 0 Å². The second-order valence-electron chi connectivity index (χ2n) is 2.86. The molecule has 5 heteroatoms. The van der Waals surface area contributed by atoms with Crippen LogP contribution in [0.3, 0.4) is 0 Å². The second kappa shape index (κ2) is 6.21. The summed E-state index contributed by atoms with van der Waals surface area (Å²) in [7, 11) is 1.48. The summed E-state index contributed by atoms with van der Waals surface area (Å²) in [5.41, 5.74) is 0. The lowest BCUT2D eigenvalue weighted by atomic mass is 10.1. The molecule has 0 saturated heterocycles. The van der Waals surface area contributed by atoms with E-state index in [0.717, 1.165) is 0 Å². The van der Waals surface area contributed by atoms with Gasteiger partial charge in [0.05, 0.1) is 6.61 Å². The van der Waals surface area contributed by atoms with Crippen LogP contribution in [0.5, 0.6) is 0 Å². The first kappa shape index (κ1) is 12.7. The third-order valence-corrected chi connectivity index (χ3v) is 1.64. The van der Waals surface area contributed by atoms with E-state index in [1.54, 1.807) is 0 Å². The number of rotatable bonds is 6. The number of hydrogen-bond acceptors (Lipinski definition) is 2. The summed E-state index contributed by atoms with van der Waals surface area (Å²) in [6.45, 7) is 2.84. The lowest BCUT2D eigenvalue weighted by Crippen LogP contribution is -2.34. The molecule has 0 aromatic rings. The van der Waals surface area contributed by atoms with Crippen LogP contribution in [-0.2, 0) is 4.74 Å². The quantitative estimate of drug-likeness (QED) is 0.706. The minimum atomic E-state index is -4.07. The third-order valence-electron chi connectivity index (χ3n) is 1.64. The summed E-state index contributed by atoms with van der Waals surface area (Å²) in [5.74, 6) is 0. The second-order valence-corrected chi connectivity index (χ2v) is 2.86. The van der Waals surface area contributed by atoms with Gasteiger partial charge in [-0.2, -0.15) is 13.2 Å². The van der Waals surface area contributed by atoms with Crippen molar-refractivity contribution in [3.05, 3.63) is 0 Å². The predicted molar refractivity (Wildman–Crippen MR) is 44.6 cm³/mol. The zero-order valence-corrected chi connectivity index (χ0v) is 7.95. The van der Waals surface area contributed by atoms with Crippen molar-refractivity contribution in [2.24, 2.45) is 0 Å². The predicted octanol–water partition coefficient (Wildman–Crippen LogP) is 1.95. The highest BCUT2D eigenvalue weighted by atomic mass is 19.4. The van der Waals surface area contributed by atoms with Crippen molar-refractivity contribution < 1.29 is 17.9 Å². The minimum Gasteiger partial charge on any atom is -0.383 e. The molecule has 1 unspecified atom stereocenters. The first-order chi connectivity index (χ1) is 5.99. The van der Waals surface area contributed by atoms with Crippen LogP contribution in [0.25, 0.3) is 0 Å².